The number of carbonyl (C=O) groups excluding carboxylic acids is 2. The zero-order valence-electron chi connectivity index (χ0n) is 17.8. The Hall–Kier alpha value is -0.213. The number of Topliss-reactive ketones (excluding diaryl/α,β-unsaturated/α-hetero) is 1. The molecule has 5 nitrogen and oxygen atoms in total. The standard InChI is InChI=1S/C20H40O5SSi/c1-5-9-14-23-27(24-15-10-6-2,25-16-11-7-3)18-12-17-26-20(22)19(21)13-8-4/h5-18H2,1-4H3. The molecule has 0 aromatic heterocycles. The summed E-state index contributed by atoms with van der Waals surface area (Å²) in [5.74, 6) is 0.331. The summed E-state index contributed by atoms with van der Waals surface area (Å²) >= 11 is 1.12. The van der Waals surface area contributed by atoms with Crippen molar-refractivity contribution in [1.82, 2.24) is 0 Å². The van der Waals surface area contributed by atoms with Crippen molar-refractivity contribution in [3.8, 4) is 0 Å². The van der Waals surface area contributed by atoms with E-state index in [9.17, 15) is 9.59 Å². The number of ketones is 1. The van der Waals surface area contributed by atoms with Crippen molar-refractivity contribution < 1.29 is 22.9 Å². The van der Waals surface area contributed by atoms with Gasteiger partial charge in [-0.3, -0.25) is 9.59 Å². The maximum Gasteiger partial charge on any atom is 0.500 e. The van der Waals surface area contributed by atoms with Crippen LogP contribution in [-0.4, -0.2) is 45.3 Å². The highest BCUT2D eigenvalue weighted by atomic mass is 32.2. The molecule has 0 spiro atoms. The van der Waals surface area contributed by atoms with Crippen LogP contribution in [0, 0.1) is 0 Å². The fraction of sp³-hybridized carbons (Fsp3) is 0.900. The summed E-state index contributed by atoms with van der Waals surface area (Å²) in [5.41, 5.74) is 0. The second kappa shape index (κ2) is 17.9. The first-order valence-corrected chi connectivity index (χ1v) is 13.6. The first-order valence-electron chi connectivity index (χ1n) is 10.7. The Kier molecular flexibility index (Phi) is 17.7. The lowest BCUT2D eigenvalue weighted by atomic mass is 10.2. The van der Waals surface area contributed by atoms with Crippen molar-refractivity contribution in [2.24, 2.45) is 0 Å². The van der Waals surface area contributed by atoms with Gasteiger partial charge in [0.05, 0.1) is 0 Å². The molecule has 0 aliphatic carbocycles. The topological polar surface area (TPSA) is 61.8 Å². The summed E-state index contributed by atoms with van der Waals surface area (Å²) in [4.78, 5) is 23.4. The van der Waals surface area contributed by atoms with Gasteiger partial charge in [0.25, 0.3) is 5.12 Å². The van der Waals surface area contributed by atoms with E-state index in [4.69, 9.17) is 13.3 Å². The Morgan fingerprint density at radius 3 is 1.63 bits per heavy atom. The van der Waals surface area contributed by atoms with Gasteiger partial charge < -0.3 is 13.3 Å². The van der Waals surface area contributed by atoms with Gasteiger partial charge in [-0.15, -0.1) is 0 Å². The Morgan fingerprint density at radius 2 is 1.22 bits per heavy atom. The average Bonchev–Trinajstić information content (AvgIpc) is 2.66. The molecule has 0 unspecified atom stereocenters. The Labute approximate surface area is 171 Å². The largest absolute Gasteiger partial charge is 0.500 e. The van der Waals surface area contributed by atoms with Crippen molar-refractivity contribution in [1.29, 1.82) is 0 Å². The highest BCUT2D eigenvalue weighted by Gasteiger charge is 2.40. The Morgan fingerprint density at radius 1 is 0.741 bits per heavy atom. The van der Waals surface area contributed by atoms with Crippen LogP contribution in [0.15, 0.2) is 0 Å². The van der Waals surface area contributed by atoms with E-state index in [0.717, 1.165) is 56.7 Å². The summed E-state index contributed by atoms with van der Waals surface area (Å²) in [6.07, 6.45) is 7.97. The van der Waals surface area contributed by atoms with Crippen molar-refractivity contribution in [3.05, 3.63) is 0 Å². The molecule has 160 valence electrons. The summed E-state index contributed by atoms with van der Waals surface area (Å²) in [5, 5.41) is -0.324. The summed E-state index contributed by atoms with van der Waals surface area (Å²) in [6.45, 7) is 10.3. The molecule has 0 bridgehead atoms. The van der Waals surface area contributed by atoms with Gasteiger partial charge in [-0.05, 0) is 32.1 Å². The van der Waals surface area contributed by atoms with Crippen LogP contribution in [0.25, 0.3) is 0 Å². The lowest BCUT2D eigenvalue weighted by Gasteiger charge is -2.30. The maximum atomic E-state index is 11.8. The normalized spacial score (nSPS) is 11.7. The van der Waals surface area contributed by atoms with Crippen molar-refractivity contribution >= 4 is 31.5 Å². The van der Waals surface area contributed by atoms with E-state index in [0.29, 0.717) is 44.5 Å². The van der Waals surface area contributed by atoms with E-state index in [1.807, 2.05) is 6.92 Å². The molecule has 0 heterocycles. The van der Waals surface area contributed by atoms with Crippen LogP contribution in [0.1, 0.15) is 85.5 Å². The molecule has 0 radical (unpaired) electrons. The molecular formula is C20H40O5SSi. The van der Waals surface area contributed by atoms with Gasteiger partial charge in [0, 0.05) is 38.0 Å². The zero-order chi connectivity index (χ0) is 20.4. The van der Waals surface area contributed by atoms with Gasteiger partial charge in [-0.25, -0.2) is 0 Å². The van der Waals surface area contributed by atoms with E-state index >= 15 is 0 Å². The van der Waals surface area contributed by atoms with Gasteiger partial charge in [-0.2, -0.15) is 0 Å². The molecule has 0 aliphatic heterocycles. The van der Waals surface area contributed by atoms with Crippen LogP contribution >= 0.6 is 11.8 Å². The number of unbranched alkanes of at least 4 members (excludes halogenated alkanes) is 3. The van der Waals surface area contributed by atoms with Crippen molar-refractivity contribution in [2.75, 3.05) is 25.6 Å². The number of carbonyl (C=O) groups is 2. The first kappa shape index (κ1) is 26.8. The average molecular weight is 421 g/mol. The second-order valence-corrected chi connectivity index (χ2v) is 10.5. The predicted octanol–water partition coefficient (Wildman–Crippen LogP) is 5.39. The third-order valence-corrected chi connectivity index (χ3v) is 7.91. The molecule has 0 aromatic rings. The second-order valence-electron chi connectivity index (χ2n) is 6.70. The van der Waals surface area contributed by atoms with Gasteiger partial charge in [0.1, 0.15) is 0 Å². The lowest BCUT2D eigenvalue weighted by Crippen LogP contribution is -2.46. The van der Waals surface area contributed by atoms with Crippen LogP contribution in [0.3, 0.4) is 0 Å². The SMILES string of the molecule is CCCCO[Si](CCCSC(=O)C(=O)CCC)(OCCCC)OCCCC. The van der Waals surface area contributed by atoms with Gasteiger partial charge >= 0.3 is 8.80 Å². The van der Waals surface area contributed by atoms with E-state index < -0.39 is 8.80 Å². The molecule has 7 heteroatoms. The van der Waals surface area contributed by atoms with Crippen LogP contribution in [0.5, 0.6) is 0 Å². The summed E-state index contributed by atoms with van der Waals surface area (Å²) < 4.78 is 18.6. The predicted molar refractivity (Wildman–Crippen MR) is 115 cm³/mol. The highest BCUT2D eigenvalue weighted by molar-refractivity contribution is 8.15. The molecule has 0 aliphatic rings. The lowest BCUT2D eigenvalue weighted by molar-refractivity contribution is -0.131. The summed E-state index contributed by atoms with van der Waals surface area (Å²) in [6, 6.07) is 0.701. The molecule has 27 heavy (non-hydrogen) atoms. The number of rotatable bonds is 19. The van der Waals surface area contributed by atoms with Gasteiger partial charge in [-0.1, -0.05) is 58.7 Å². The highest BCUT2D eigenvalue weighted by Crippen LogP contribution is 2.22. The number of hydrogen-bond donors (Lipinski definition) is 0. The maximum absolute atomic E-state index is 11.8. The number of hydrogen-bond acceptors (Lipinski definition) is 6. The quantitative estimate of drug-likeness (QED) is 0.158. The van der Waals surface area contributed by atoms with Crippen molar-refractivity contribution in [2.45, 2.75) is 91.5 Å². The molecule has 0 aromatic carbocycles. The van der Waals surface area contributed by atoms with E-state index in [1.54, 1.807) is 0 Å². The fourth-order valence-corrected chi connectivity index (χ4v) is 5.97. The molecule has 0 N–H and O–H groups in total. The smallest absolute Gasteiger partial charge is 0.373 e. The Bertz CT molecular complexity index is 366. The van der Waals surface area contributed by atoms with E-state index in [2.05, 4.69) is 20.8 Å². The molecule has 0 saturated carbocycles. The van der Waals surface area contributed by atoms with Crippen LogP contribution in [0.4, 0.5) is 0 Å². The van der Waals surface area contributed by atoms with E-state index in [1.165, 1.54) is 0 Å². The molecule has 0 atom stereocenters. The third kappa shape index (κ3) is 13.6. The minimum absolute atomic E-state index is 0.274. The number of thioether (sulfide) groups is 1. The third-order valence-electron chi connectivity index (χ3n) is 4.02. The van der Waals surface area contributed by atoms with Crippen LogP contribution in [0.2, 0.25) is 6.04 Å². The van der Waals surface area contributed by atoms with Crippen LogP contribution < -0.4 is 0 Å². The minimum Gasteiger partial charge on any atom is -0.373 e. The van der Waals surface area contributed by atoms with Gasteiger partial charge in [0.15, 0.2) is 0 Å². The molecule has 0 fully saturated rings. The Balaban J connectivity index is 4.69. The fourth-order valence-electron chi connectivity index (χ4n) is 2.32. The van der Waals surface area contributed by atoms with E-state index in [-0.39, 0.29) is 10.9 Å². The monoisotopic (exact) mass is 420 g/mol. The first-order chi connectivity index (χ1) is 13.0. The summed E-state index contributed by atoms with van der Waals surface area (Å²) in [7, 11) is -2.73. The molecular weight excluding hydrogens is 380 g/mol. The van der Waals surface area contributed by atoms with Crippen molar-refractivity contribution in [3.63, 3.8) is 0 Å². The molecule has 0 saturated heterocycles. The van der Waals surface area contributed by atoms with Gasteiger partial charge in [0.2, 0.25) is 5.78 Å². The molecule has 0 rings (SSSR count). The van der Waals surface area contributed by atoms with Crippen LogP contribution in [-0.2, 0) is 22.9 Å². The zero-order valence-corrected chi connectivity index (χ0v) is 19.7. The molecule has 0 amide bonds. The minimum atomic E-state index is -2.73.